The molecule has 0 spiro atoms. The Balaban J connectivity index is 2.26. The minimum atomic E-state index is 0.309. The SMILES string of the molecule is CC(C)COc1nnc2cc(Cl)ccc2n1. The first-order chi connectivity index (χ1) is 7.65. The van der Waals surface area contributed by atoms with Gasteiger partial charge in [-0.1, -0.05) is 30.5 Å². The van der Waals surface area contributed by atoms with Gasteiger partial charge in [-0.25, -0.2) is 0 Å². The van der Waals surface area contributed by atoms with E-state index in [0.29, 0.717) is 29.1 Å². The quantitative estimate of drug-likeness (QED) is 0.824. The molecule has 0 unspecified atom stereocenters. The number of halogens is 1. The van der Waals surface area contributed by atoms with Crippen molar-refractivity contribution in [3.05, 3.63) is 23.2 Å². The lowest BCUT2D eigenvalue weighted by Crippen LogP contribution is -2.07. The molecule has 0 saturated carbocycles. The Bertz CT molecular complexity index is 502. The smallest absolute Gasteiger partial charge is 0.336 e. The molecule has 0 N–H and O–H groups in total. The fourth-order valence-corrected chi connectivity index (χ4v) is 1.36. The highest BCUT2D eigenvalue weighted by Crippen LogP contribution is 2.16. The van der Waals surface area contributed by atoms with Crippen LogP contribution < -0.4 is 4.74 Å². The van der Waals surface area contributed by atoms with Crippen molar-refractivity contribution >= 4 is 22.6 Å². The fraction of sp³-hybridized carbons (Fsp3) is 0.364. The highest BCUT2D eigenvalue weighted by atomic mass is 35.5. The van der Waals surface area contributed by atoms with E-state index in [4.69, 9.17) is 16.3 Å². The van der Waals surface area contributed by atoms with Crippen molar-refractivity contribution in [2.75, 3.05) is 6.61 Å². The van der Waals surface area contributed by atoms with Crippen molar-refractivity contribution in [2.24, 2.45) is 5.92 Å². The fourth-order valence-electron chi connectivity index (χ4n) is 1.20. The molecule has 0 aliphatic heterocycles. The number of nitrogens with zero attached hydrogens (tertiary/aromatic N) is 3. The van der Waals surface area contributed by atoms with E-state index in [1.807, 2.05) is 0 Å². The first-order valence-corrected chi connectivity index (χ1v) is 5.46. The Labute approximate surface area is 98.6 Å². The lowest BCUT2D eigenvalue weighted by Gasteiger charge is -2.06. The van der Waals surface area contributed by atoms with Gasteiger partial charge in [0.25, 0.3) is 0 Å². The largest absolute Gasteiger partial charge is 0.462 e. The van der Waals surface area contributed by atoms with Gasteiger partial charge in [-0.3, -0.25) is 0 Å². The van der Waals surface area contributed by atoms with Crippen LogP contribution in [0.1, 0.15) is 13.8 Å². The van der Waals surface area contributed by atoms with Gasteiger partial charge in [-0.15, -0.1) is 5.10 Å². The summed E-state index contributed by atoms with van der Waals surface area (Å²) in [5, 5.41) is 8.50. The van der Waals surface area contributed by atoms with Gasteiger partial charge < -0.3 is 4.74 Å². The lowest BCUT2D eigenvalue weighted by atomic mass is 10.2. The van der Waals surface area contributed by atoms with Gasteiger partial charge in [-0.05, 0) is 24.1 Å². The number of benzene rings is 1. The zero-order valence-corrected chi connectivity index (χ0v) is 9.90. The van der Waals surface area contributed by atoms with Crippen LogP contribution in [-0.4, -0.2) is 21.8 Å². The van der Waals surface area contributed by atoms with E-state index in [2.05, 4.69) is 29.0 Å². The van der Waals surface area contributed by atoms with Gasteiger partial charge in [-0.2, -0.15) is 4.98 Å². The Hall–Kier alpha value is -1.42. The number of rotatable bonds is 3. The summed E-state index contributed by atoms with van der Waals surface area (Å²) in [5.74, 6) is 0.435. The minimum absolute atomic E-state index is 0.309. The molecule has 16 heavy (non-hydrogen) atoms. The molecule has 0 aliphatic rings. The zero-order valence-electron chi connectivity index (χ0n) is 9.14. The first-order valence-electron chi connectivity index (χ1n) is 5.08. The second-order valence-electron chi connectivity index (χ2n) is 3.93. The second kappa shape index (κ2) is 4.61. The number of hydrogen-bond acceptors (Lipinski definition) is 4. The van der Waals surface area contributed by atoms with Gasteiger partial charge in [0.15, 0.2) is 0 Å². The van der Waals surface area contributed by atoms with Crippen LogP contribution in [0.3, 0.4) is 0 Å². The Morgan fingerprint density at radius 2 is 2.06 bits per heavy atom. The molecule has 1 aromatic heterocycles. The summed E-state index contributed by atoms with van der Waals surface area (Å²) in [6, 6.07) is 5.60. The Morgan fingerprint density at radius 1 is 1.25 bits per heavy atom. The molecule has 2 rings (SSSR count). The van der Waals surface area contributed by atoms with Crippen LogP contribution >= 0.6 is 11.6 Å². The molecule has 0 amide bonds. The van der Waals surface area contributed by atoms with Crippen LogP contribution in [0.4, 0.5) is 0 Å². The van der Waals surface area contributed by atoms with Gasteiger partial charge in [0.05, 0.1) is 12.1 Å². The first kappa shape index (κ1) is 11.1. The van der Waals surface area contributed by atoms with E-state index in [0.717, 1.165) is 5.52 Å². The number of ether oxygens (including phenoxy) is 1. The molecule has 5 heteroatoms. The molecular formula is C11H12ClN3O. The predicted molar refractivity (Wildman–Crippen MR) is 62.7 cm³/mol. The third-order valence-electron chi connectivity index (χ3n) is 1.94. The topological polar surface area (TPSA) is 47.9 Å². The molecule has 0 bridgehead atoms. The highest BCUT2D eigenvalue weighted by Gasteiger charge is 2.04. The molecule has 1 aromatic carbocycles. The maximum atomic E-state index is 5.83. The summed E-state index contributed by atoms with van der Waals surface area (Å²) in [6.07, 6.45) is 0. The van der Waals surface area contributed by atoms with Crippen LogP contribution in [-0.2, 0) is 0 Å². The molecule has 0 saturated heterocycles. The molecular weight excluding hydrogens is 226 g/mol. The van der Waals surface area contributed by atoms with Crippen molar-refractivity contribution in [1.82, 2.24) is 15.2 Å². The maximum absolute atomic E-state index is 5.83. The minimum Gasteiger partial charge on any atom is -0.462 e. The van der Waals surface area contributed by atoms with Crippen LogP contribution in [0, 0.1) is 5.92 Å². The average Bonchev–Trinajstić information content (AvgIpc) is 2.26. The summed E-state index contributed by atoms with van der Waals surface area (Å²) in [5.41, 5.74) is 1.41. The van der Waals surface area contributed by atoms with Gasteiger partial charge in [0.1, 0.15) is 5.52 Å². The highest BCUT2D eigenvalue weighted by molar-refractivity contribution is 6.31. The van der Waals surface area contributed by atoms with Crippen LogP contribution in [0.15, 0.2) is 18.2 Å². The molecule has 2 aromatic rings. The monoisotopic (exact) mass is 237 g/mol. The normalized spacial score (nSPS) is 11.0. The van der Waals surface area contributed by atoms with Crippen LogP contribution in [0.5, 0.6) is 6.01 Å². The van der Waals surface area contributed by atoms with Crippen molar-refractivity contribution in [1.29, 1.82) is 0 Å². The van der Waals surface area contributed by atoms with E-state index >= 15 is 0 Å². The number of hydrogen-bond donors (Lipinski definition) is 0. The van der Waals surface area contributed by atoms with Gasteiger partial charge in [0, 0.05) is 5.02 Å². The van der Waals surface area contributed by atoms with Crippen LogP contribution in [0.2, 0.25) is 5.02 Å². The zero-order chi connectivity index (χ0) is 11.5. The predicted octanol–water partition coefficient (Wildman–Crippen LogP) is 2.71. The molecule has 4 nitrogen and oxygen atoms in total. The van der Waals surface area contributed by atoms with Gasteiger partial charge >= 0.3 is 6.01 Å². The van der Waals surface area contributed by atoms with Crippen molar-refractivity contribution < 1.29 is 4.74 Å². The van der Waals surface area contributed by atoms with E-state index in [1.54, 1.807) is 18.2 Å². The standard InChI is InChI=1S/C11H12ClN3O/c1-7(2)6-16-11-13-9-4-3-8(12)5-10(9)14-15-11/h3-5,7H,6H2,1-2H3. The molecule has 0 fully saturated rings. The lowest BCUT2D eigenvalue weighted by molar-refractivity contribution is 0.249. The average molecular weight is 238 g/mol. The summed E-state index contributed by atoms with van der Waals surface area (Å²) in [4.78, 5) is 4.23. The van der Waals surface area contributed by atoms with Crippen molar-refractivity contribution in [3.8, 4) is 6.01 Å². The summed E-state index contributed by atoms with van der Waals surface area (Å²) >= 11 is 5.83. The third-order valence-corrected chi connectivity index (χ3v) is 2.18. The Kier molecular flexibility index (Phi) is 3.19. The van der Waals surface area contributed by atoms with E-state index < -0.39 is 0 Å². The van der Waals surface area contributed by atoms with E-state index in [9.17, 15) is 0 Å². The Morgan fingerprint density at radius 3 is 2.81 bits per heavy atom. The second-order valence-corrected chi connectivity index (χ2v) is 4.37. The molecule has 0 aliphatic carbocycles. The maximum Gasteiger partial charge on any atom is 0.336 e. The third kappa shape index (κ3) is 2.58. The van der Waals surface area contributed by atoms with Crippen molar-refractivity contribution in [2.45, 2.75) is 13.8 Å². The summed E-state index contributed by atoms with van der Waals surface area (Å²) in [7, 11) is 0. The van der Waals surface area contributed by atoms with Gasteiger partial charge in [0.2, 0.25) is 0 Å². The number of fused-ring (bicyclic) bond motifs is 1. The summed E-state index contributed by atoms with van der Waals surface area (Å²) < 4.78 is 5.39. The molecule has 0 atom stereocenters. The van der Waals surface area contributed by atoms with Crippen LogP contribution in [0.25, 0.3) is 11.0 Å². The molecule has 1 heterocycles. The number of aromatic nitrogens is 3. The molecule has 84 valence electrons. The van der Waals surface area contributed by atoms with Crippen molar-refractivity contribution in [3.63, 3.8) is 0 Å². The summed E-state index contributed by atoms with van der Waals surface area (Å²) in [6.45, 7) is 4.71. The van der Waals surface area contributed by atoms with E-state index in [-0.39, 0.29) is 0 Å². The molecule has 0 radical (unpaired) electrons. The van der Waals surface area contributed by atoms with E-state index in [1.165, 1.54) is 0 Å².